The number of nitrogens with zero attached hydrogens (tertiary/aromatic N) is 2. The number of thiophene rings is 1. The lowest BCUT2D eigenvalue weighted by atomic mass is 10.1. The number of fused-ring (bicyclic) bond motifs is 1. The van der Waals surface area contributed by atoms with Crippen LogP contribution in [-0.2, 0) is 13.5 Å². The molecule has 0 aromatic carbocycles. The number of pyridine rings is 1. The van der Waals surface area contributed by atoms with Crippen LogP contribution in [0, 0.1) is 12.8 Å². The van der Waals surface area contributed by atoms with Crippen LogP contribution >= 0.6 is 11.3 Å². The Labute approximate surface area is 143 Å². The molecular weight excluding hydrogens is 324 g/mol. The van der Waals surface area contributed by atoms with E-state index in [-0.39, 0.29) is 17.3 Å². The molecule has 0 fully saturated rings. The third-order valence-corrected chi connectivity index (χ3v) is 5.03. The van der Waals surface area contributed by atoms with E-state index >= 15 is 0 Å². The summed E-state index contributed by atoms with van der Waals surface area (Å²) in [6.07, 6.45) is 0.948. The molecule has 0 saturated carbocycles. The van der Waals surface area contributed by atoms with Gasteiger partial charge in [0.15, 0.2) is 5.82 Å². The zero-order valence-electron chi connectivity index (χ0n) is 14.1. The molecule has 0 unspecified atom stereocenters. The lowest BCUT2D eigenvalue weighted by Crippen LogP contribution is -2.20. The van der Waals surface area contributed by atoms with Crippen molar-refractivity contribution in [3.05, 3.63) is 44.0 Å². The Bertz CT molecular complexity index is 965. The van der Waals surface area contributed by atoms with Gasteiger partial charge in [-0.15, -0.1) is 11.3 Å². The molecule has 0 bridgehead atoms. The summed E-state index contributed by atoms with van der Waals surface area (Å²) < 4.78 is 1.54. The topological polar surface area (TPSA) is 79.8 Å². The second kappa shape index (κ2) is 6.24. The van der Waals surface area contributed by atoms with Crippen LogP contribution in [0.15, 0.2) is 23.0 Å². The summed E-state index contributed by atoms with van der Waals surface area (Å²) in [5.41, 5.74) is 1.27. The first-order valence-corrected chi connectivity index (χ1v) is 8.63. The van der Waals surface area contributed by atoms with Crippen molar-refractivity contribution in [2.75, 3.05) is 5.32 Å². The largest absolute Gasteiger partial charge is 0.315 e. The molecule has 0 atom stereocenters. The van der Waals surface area contributed by atoms with Crippen molar-refractivity contribution in [1.29, 1.82) is 0 Å². The van der Waals surface area contributed by atoms with Crippen LogP contribution in [0.1, 0.15) is 34.1 Å². The first-order valence-electron chi connectivity index (χ1n) is 7.81. The summed E-state index contributed by atoms with van der Waals surface area (Å²) >= 11 is 1.47. The summed E-state index contributed by atoms with van der Waals surface area (Å²) in [7, 11) is 1.70. The minimum absolute atomic E-state index is 0.180. The summed E-state index contributed by atoms with van der Waals surface area (Å²) in [5, 5.41) is 10.1. The number of carbonyl (C=O) groups excluding carboxylic acids is 1. The Morgan fingerprint density at radius 3 is 2.88 bits per heavy atom. The number of rotatable bonds is 4. The number of amides is 1. The van der Waals surface area contributed by atoms with Gasteiger partial charge >= 0.3 is 0 Å². The molecule has 3 heterocycles. The second-order valence-electron chi connectivity index (χ2n) is 6.33. The third-order valence-electron chi connectivity index (χ3n) is 3.92. The molecule has 2 N–H and O–H groups in total. The third kappa shape index (κ3) is 2.99. The van der Waals surface area contributed by atoms with Gasteiger partial charge < -0.3 is 9.88 Å². The average molecular weight is 344 g/mol. The molecule has 7 heteroatoms. The van der Waals surface area contributed by atoms with E-state index in [1.807, 2.05) is 25.1 Å². The van der Waals surface area contributed by atoms with Gasteiger partial charge in [0.1, 0.15) is 5.39 Å². The maximum atomic E-state index is 12.5. The van der Waals surface area contributed by atoms with Gasteiger partial charge in [0.25, 0.3) is 11.5 Å². The highest BCUT2D eigenvalue weighted by Gasteiger charge is 2.17. The van der Waals surface area contributed by atoms with Gasteiger partial charge in [0.2, 0.25) is 0 Å². The van der Waals surface area contributed by atoms with Crippen molar-refractivity contribution in [1.82, 2.24) is 14.8 Å². The molecule has 3 aromatic heterocycles. The van der Waals surface area contributed by atoms with Crippen LogP contribution in [0.4, 0.5) is 5.82 Å². The van der Waals surface area contributed by atoms with Crippen LogP contribution in [0.3, 0.4) is 0 Å². The number of aromatic nitrogens is 3. The molecule has 0 aliphatic heterocycles. The molecule has 0 saturated heterocycles. The van der Waals surface area contributed by atoms with Crippen molar-refractivity contribution in [3.63, 3.8) is 0 Å². The SMILES string of the molecule is Cc1cc2[nH]nc(NC(=O)c3ccc(CC(C)C)s3)c2c(=O)n1C. The molecule has 3 aromatic rings. The average Bonchev–Trinajstić information content (AvgIpc) is 3.12. The fraction of sp³-hybridized carbons (Fsp3) is 0.353. The molecule has 0 aliphatic carbocycles. The summed E-state index contributed by atoms with van der Waals surface area (Å²) in [4.78, 5) is 26.7. The predicted octanol–water partition coefficient (Wildman–Crippen LogP) is 3.08. The Hall–Kier alpha value is -2.41. The standard InChI is InChI=1S/C17H20N4O2S/c1-9(2)7-11-5-6-13(24-11)16(22)18-15-14-12(19-20-15)8-10(3)21(4)17(14)23/h5-6,8-9H,7H2,1-4H3,(H2,18,19,20,22). The van der Waals surface area contributed by atoms with Crippen LogP contribution in [0.2, 0.25) is 0 Å². The van der Waals surface area contributed by atoms with Gasteiger partial charge in [0, 0.05) is 17.6 Å². The van der Waals surface area contributed by atoms with Gasteiger partial charge in [0.05, 0.1) is 10.4 Å². The number of hydrogen-bond donors (Lipinski definition) is 2. The fourth-order valence-electron chi connectivity index (χ4n) is 2.58. The monoisotopic (exact) mass is 344 g/mol. The van der Waals surface area contributed by atoms with Gasteiger partial charge in [-0.05, 0) is 37.5 Å². The molecule has 1 amide bonds. The van der Waals surface area contributed by atoms with E-state index in [4.69, 9.17) is 0 Å². The number of aryl methyl sites for hydroxylation is 1. The smallest absolute Gasteiger partial charge is 0.266 e. The van der Waals surface area contributed by atoms with E-state index < -0.39 is 0 Å². The number of H-pyrrole nitrogens is 1. The molecule has 0 aliphatic rings. The van der Waals surface area contributed by atoms with Gasteiger partial charge in [-0.1, -0.05) is 13.8 Å². The van der Waals surface area contributed by atoms with Crippen molar-refractivity contribution < 1.29 is 4.79 Å². The minimum Gasteiger partial charge on any atom is -0.315 e. The maximum Gasteiger partial charge on any atom is 0.266 e. The van der Waals surface area contributed by atoms with Gasteiger partial charge in [-0.3, -0.25) is 14.7 Å². The molecular formula is C17H20N4O2S. The summed E-state index contributed by atoms with van der Waals surface area (Å²) in [6.45, 7) is 6.14. The first kappa shape index (κ1) is 16.4. The molecule has 0 radical (unpaired) electrons. The van der Waals surface area contributed by atoms with Crippen LogP contribution in [0.25, 0.3) is 10.9 Å². The zero-order chi connectivity index (χ0) is 17.4. The second-order valence-corrected chi connectivity index (χ2v) is 7.50. The van der Waals surface area contributed by atoms with E-state index in [0.717, 1.165) is 12.1 Å². The van der Waals surface area contributed by atoms with Gasteiger partial charge in [-0.2, -0.15) is 5.10 Å². The van der Waals surface area contributed by atoms with E-state index in [1.54, 1.807) is 11.6 Å². The van der Waals surface area contributed by atoms with Crippen molar-refractivity contribution >= 4 is 34.0 Å². The lowest BCUT2D eigenvalue weighted by molar-refractivity contribution is 0.103. The van der Waals surface area contributed by atoms with E-state index in [9.17, 15) is 9.59 Å². The predicted molar refractivity (Wildman–Crippen MR) is 96.9 cm³/mol. The lowest BCUT2D eigenvalue weighted by Gasteiger charge is -2.04. The number of nitrogens with one attached hydrogen (secondary N) is 2. The fourth-order valence-corrected chi connectivity index (χ4v) is 3.70. The normalized spacial score (nSPS) is 11.4. The Morgan fingerprint density at radius 1 is 1.42 bits per heavy atom. The molecule has 3 rings (SSSR count). The van der Waals surface area contributed by atoms with Crippen molar-refractivity contribution in [3.8, 4) is 0 Å². The van der Waals surface area contributed by atoms with Gasteiger partial charge in [-0.25, -0.2) is 0 Å². The van der Waals surface area contributed by atoms with Crippen molar-refractivity contribution in [2.24, 2.45) is 13.0 Å². The zero-order valence-corrected chi connectivity index (χ0v) is 15.0. The van der Waals surface area contributed by atoms with E-state index in [0.29, 0.717) is 21.7 Å². The van der Waals surface area contributed by atoms with Crippen LogP contribution in [0.5, 0.6) is 0 Å². The Morgan fingerprint density at radius 2 is 2.17 bits per heavy atom. The Kier molecular flexibility index (Phi) is 4.28. The highest BCUT2D eigenvalue weighted by Crippen LogP contribution is 2.22. The number of carbonyl (C=O) groups is 1. The van der Waals surface area contributed by atoms with E-state index in [2.05, 4.69) is 29.4 Å². The minimum atomic E-state index is -0.244. The molecule has 0 spiro atoms. The van der Waals surface area contributed by atoms with E-state index in [1.165, 1.54) is 16.2 Å². The van der Waals surface area contributed by atoms with Crippen LogP contribution < -0.4 is 10.9 Å². The summed E-state index contributed by atoms with van der Waals surface area (Å²) in [6, 6.07) is 5.63. The maximum absolute atomic E-state index is 12.5. The molecule has 126 valence electrons. The molecule has 6 nitrogen and oxygen atoms in total. The number of aromatic amines is 1. The highest BCUT2D eigenvalue weighted by molar-refractivity contribution is 7.14. The molecule has 24 heavy (non-hydrogen) atoms. The quantitative estimate of drug-likeness (QED) is 0.763. The number of hydrogen-bond acceptors (Lipinski definition) is 4. The number of anilines is 1. The van der Waals surface area contributed by atoms with Crippen molar-refractivity contribution in [2.45, 2.75) is 27.2 Å². The Balaban J connectivity index is 1.90. The highest BCUT2D eigenvalue weighted by atomic mass is 32.1. The summed E-state index contributed by atoms with van der Waals surface area (Å²) in [5.74, 6) is 0.571. The first-order chi connectivity index (χ1) is 11.4. The van der Waals surface area contributed by atoms with Crippen LogP contribution in [-0.4, -0.2) is 20.7 Å².